The molecule has 7 heteroatoms. The van der Waals surface area contributed by atoms with E-state index >= 15 is 0 Å². The number of nitrogens with zero attached hydrogens (tertiary/aromatic N) is 2. The van der Waals surface area contributed by atoms with Crippen molar-refractivity contribution in [1.82, 2.24) is 0 Å². The highest BCUT2D eigenvalue weighted by atomic mass is 79.9. The van der Waals surface area contributed by atoms with Crippen molar-refractivity contribution in [3.8, 4) is 17.6 Å². The van der Waals surface area contributed by atoms with E-state index in [1.807, 2.05) is 24.3 Å². The van der Waals surface area contributed by atoms with Crippen molar-refractivity contribution in [1.29, 1.82) is 5.26 Å². The Morgan fingerprint density at radius 3 is 2.64 bits per heavy atom. The van der Waals surface area contributed by atoms with Gasteiger partial charge in [0.05, 0.1) is 23.4 Å². The third kappa shape index (κ3) is 3.15. The minimum absolute atomic E-state index is 0.00733. The molecule has 28 heavy (non-hydrogen) atoms. The first kappa shape index (κ1) is 17.9. The van der Waals surface area contributed by atoms with Crippen molar-refractivity contribution in [2.75, 3.05) is 0 Å². The Balaban J connectivity index is 1.81. The van der Waals surface area contributed by atoms with E-state index in [0.717, 1.165) is 10.2 Å². The zero-order valence-corrected chi connectivity index (χ0v) is 16.1. The summed E-state index contributed by atoms with van der Waals surface area (Å²) < 4.78 is 12.0. The number of furan rings is 1. The molecule has 1 aliphatic rings. The van der Waals surface area contributed by atoms with Crippen molar-refractivity contribution in [3.63, 3.8) is 0 Å². The number of hydrogen-bond acceptors (Lipinski definition) is 6. The summed E-state index contributed by atoms with van der Waals surface area (Å²) in [6.45, 7) is 0. The van der Waals surface area contributed by atoms with Crippen LogP contribution in [0.25, 0.3) is 0 Å². The maximum atomic E-state index is 10.9. The van der Waals surface area contributed by atoms with Crippen molar-refractivity contribution in [3.05, 3.63) is 87.6 Å². The minimum Gasteiger partial charge on any atom is -0.507 e. The smallest absolute Gasteiger partial charge is 0.205 e. The molecule has 1 atom stereocenters. The lowest BCUT2D eigenvalue weighted by Crippen LogP contribution is -2.21. The van der Waals surface area contributed by atoms with Crippen LogP contribution in [0.1, 0.15) is 22.8 Å². The Morgan fingerprint density at radius 1 is 1.18 bits per heavy atom. The summed E-state index contributed by atoms with van der Waals surface area (Å²) in [7, 11) is 0. The maximum absolute atomic E-state index is 10.9. The highest BCUT2D eigenvalue weighted by Gasteiger charge is 2.35. The number of nitrogens with two attached hydrogens (primary N) is 1. The van der Waals surface area contributed by atoms with E-state index < -0.39 is 5.92 Å². The van der Waals surface area contributed by atoms with E-state index in [1.54, 1.807) is 30.5 Å². The van der Waals surface area contributed by atoms with Gasteiger partial charge in [-0.05, 0) is 48.5 Å². The van der Waals surface area contributed by atoms with Gasteiger partial charge in [-0.2, -0.15) is 5.26 Å². The van der Waals surface area contributed by atoms with Gasteiger partial charge < -0.3 is 20.0 Å². The molecule has 3 N–H and O–H groups in total. The van der Waals surface area contributed by atoms with Crippen molar-refractivity contribution in [2.45, 2.75) is 5.92 Å². The molecule has 0 unspecified atom stereocenters. The molecule has 6 nitrogen and oxygen atoms in total. The SMILES string of the molecule is N#CC1=C(N)Oc2ccc(C=Nc3ccc(Br)cc3)c(O)c2[C@H]1c1ccco1. The molecule has 0 saturated heterocycles. The van der Waals surface area contributed by atoms with E-state index in [4.69, 9.17) is 14.9 Å². The molecule has 0 spiro atoms. The van der Waals surface area contributed by atoms with E-state index in [1.165, 1.54) is 6.26 Å². The number of benzene rings is 2. The van der Waals surface area contributed by atoms with Gasteiger partial charge >= 0.3 is 0 Å². The monoisotopic (exact) mass is 435 g/mol. The van der Waals surface area contributed by atoms with Gasteiger partial charge in [0.1, 0.15) is 28.9 Å². The molecule has 0 fully saturated rings. The first-order chi connectivity index (χ1) is 13.6. The average Bonchev–Trinajstić information content (AvgIpc) is 3.22. The van der Waals surface area contributed by atoms with Crippen LogP contribution in [-0.2, 0) is 0 Å². The number of rotatable bonds is 3. The standard InChI is InChI=1S/C21H14BrN3O3/c22-13-4-6-14(7-5-13)25-11-12-3-8-17-19(20(12)26)18(16-2-1-9-27-16)15(10-23)21(24)28-17/h1-9,11,18,26H,24H2/t18-/m1/s1. The summed E-state index contributed by atoms with van der Waals surface area (Å²) in [6.07, 6.45) is 3.07. The molecule has 138 valence electrons. The summed E-state index contributed by atoms with van der Waals surface area (Å²) in [5, 5.41) is 20.5. The van der Waals surface area contributed by atoms with Crippen molar-refractivity contribution in [2.24, 2.45) is 10.7 Å². The van der Waals surface area contributed by atoms with Crippen molar-refractivity contribution >= 4 is 27.8 Å². The summed E-state index contributed by atoms with van der Waals surface area (Å²) in [5.74, 6) is 0.148. The van der Waals surface area contributed by atoms with Crippen LogP contribution in [0.3, 0.4) is 0 Å². The van der Waals surface area contributed by atoms with Gasteiger partial charge in [-0.1, -0.05) is 15.9 Å². The summed E-state index contributed by atoms with van der Waals surface area (Å²) in [5.41, 5.74) is 7.74. The van der Waals surface area contributed by atoms with Crippen molar-refractivity contribution < 1.29 is 14.3 Å². The zero-order valence-electron chi connectivity index (χ0n) is 14.5. The second-order valence-corrected chi connectivity index (χ2v) is 7.01. The molecule has 0 bridgehead atoms. The molecule has 0 radical (unpaired) electrons. The van der Waals surface area contributed by atoms with E-state index in [0.29, 0.717) is 22.6 Å². The lowest BCUT2D eigenvalue weighted by atomic mass is 9.85. The summed E-state index contributed by atoms with van der Waals surface area (Å²) in [4.78, 5) is 4.40. The number of fused-ring (bicyclic) bond motifs is 1. The summed E-state index contributed by atoms with van der Waals surface area (Å²) in [6, 6.07) is 16.3. The first-order valence-corrected chi connectivity index (χ1v) is 9.14. The molecule has 0 aliphatic carbocycles. The van der Waals surface area contributed by atoms with Gasteiger partial charge in [-0.3, -0.25) is 4.99 Å². The Hall–Kier alpha value is -3.50. The molecule has 4 rings (SSSR count). The lowest BCUT2D eigenvalue weighted by Gasteiger charge is -2.26. The van der Waals surface area contributed by atoms with Crippen LogP contribution >= 0.6 is 15.9 Å². The van der Waals surface area contributed by atoms with Gasteiger partial charge in [0.2, 0.25) is 5.88 Å². The molecule has 2 aromatic carbocycles. The molecule has 1 aliphatic heterocycles. The highest BCUT2D eigenvalue weighted by Crippen LogP contribution is 2.47. The second kappa shape index (κ2) is 7.25. The van der Waals surface area contributed by atoms with Crippen LogP contribution in [0.5, 0.6) is 11.5 Å². The fourth-order valence-corrected chi connectivity index (χ4v) is 3.33. The number of halogens is 1. The van der Waals surface area contributed by atoms with E-state index in [9.17, 15) is 10.4 Å². The van der Waals surface area contributed by atoms with Crippen LogP contribution in [0.15, 0.2) is 80.1 Å². The molecular weight excluding hydrogens is 422 g/mol. The Morgan fingerprint density at radius 2 is 1.96 bits per heavy atom. The fourth-order valence-electron chi connectivity index (χ4n) is 3.07. The van der Waals surface area contributed by atoms with Crippen LogP contribution in [0.2, 0.25) is 0 Å². The molecule has 1 aromatic heterocycles. The fraction of sp³-hybridized carbons (Fsp3) is 0.0476. The Kier molecular flexibility index (Phi) is 4.63. The number of hydrogen-bond donors (Lipinski definition) is 2. The number of phenols is 1. The number of allylic oxidation sites excluding steroid dienone is 1. The molecular formula is C21H14BrN3O3. The van der Waals surface area contributed by atoms with E-state index in [2.05, 4.69) is 27.0 Å². The maximum Gasteiger partial charge on any atom is 0.205 e. The van der Waals surface area contributed by atoms with Crippen LogP contribution in [-0.4, -0.2) is 11.3 Å². The number of phenolic OH excluding ortho intramolecular Hbond substituents is 1. The highest BCUT2D eigenvalue weighted by molar-refractivity contribution is 9.10. The number of aliphatic imine (C=N–C) groups is 1. The van der Waals surface area contributed by atoms with Gasteiger partial charge in [0, 0.05) is 16.3 Å². The molecule has 2 heterocycles. The third-order valence-electron chi connectivity index (χ3n) is 4.40. The van der Waals surface area contributed by atoms with Gasteiger partial charge in [-0.25, -0.2) is 0 Å². The third-order valence-corrected chi connectivity index (χ3v) is 4.93. The average molecular weight is 436 g/mol. The van der Waals surface area contributed by atoms with Gasteiger partial charge in [-0.15, -0.1) is 0 Å². The predicted molar refractivity (Wildman–Crippen MR) is 108 cm³/mol. The van der Waals surface area contributed by atoms with Crippen LogP contribution in [0.4, 0.5) is 5.69 Å². The predicted octanol–water partition coefficient (Wildman–Crippen LogP) is 4.72. The topological polar surface area (TPSA) is 105 Å². The Labute approximate surface area is 169 Å². The minimum atomic E-state index is -0.662. The van der Waals surface area contributed by atoms with E-state index in [-0.39, 0.29) is 17.2 Å². The largest absolute Gasteiger partial charge is 0.507 e. The van der Waals surface area contributed by atoms with Crippen LogP contribution < -0.4 is 10.5 Å². The number of ether oxygens (including phenoxy) is 1. The zero-order chi connectivity index (χ0) is 19.7. The second-order valence-electron chi connectivity index (χ2n) is 6.09. The van der Waals surface area contributed by atoms with Gasteiger partial charge in [0.15, 0.2) is 0 Å². The molecule has 0 amide bonds. The van der Waals surface area contributed by atoms with Gasteiger partial charge in [0.25, 0.3) is 0 Å². The summed E-state index contributed by atoms with van der Waals surface area (Å²) >= 11 is 3.38. The first-order valence-electron chi connectivity index (χ1n) is 8.35. The van der Waals surface area contributed by atoms with Crippen LogP contribution in [0, 0.1) is 11.3 Å². The normalized spacial score (nSPS) is 15.9. The Bertz CT molecular complexity index is 1130. The lowest BCUT2D eigenvalue weighted by molar-refractivity contribution is 0.372. The quantitative estimate of drug-likeness (QED) is 0.579. The molecule has 3 aromatic rings. The number of aromatic hydroxyl groups is 1. The number of nitriles is 1. The molecule has 0 saturated carbocycles.